The van der Waals surface area contributed by atoms with Gasteiger partial charge >= 0.3 is 0 Å². The van der Waals surface area contributed by atoms with E-state index in [1.807, 2.05) is 30.3 Å². The highest BCUT2D eigenvalue weighted by Crippen LogP contribution is 2.21. The van der Waals surface area contributed by atoms with E-state index in [9.17, 15) is 4.79 Å². The zero-order valence-corrected chi connectivity index (χ0v) is 10.7. The van der Waals surface area contributed by atoms with E-state index in [0.717, 1.165) is 18.4 Å². The lowest BCUT2D eigenvalue weighted by molar-refractivity contribution is 0.743. The Balaban J connectivity index is 1.89. The van der Waals surface area contributed by atoms with Crippen molar-refractivity contribution in [3.63, 3.8) is 0 Å². The molecule has 4 heteroatoms. The first-order chi connectivity index (χ1) is 9.31. The minimum Gasteiger partial charge on any atom is -0.353 e. The number of nitrogens with one attached hydrogen (secondary N) is 2. The van der Waals surface area contributed by atoms with Crippen LogP contribution >= 0.6 is 0 Å². The van der Waals surface area contributed by atoms with E-state index >= 15 is 0 Å². The molecule has 0 unspecified atom stereocenters. The molecule has 0 aliphatic heterocycles. The Kier molecular flexibility index (Phi) is 3.31. The summed E-state index contributed by atoms with van der Waals surface area (Å²) in [4.78, 5) is 19.0. The van der Waals surface area contributed by atoms with Gasteiger partial charge in [0.1, 0.15) is 0 Å². The van der Waals surface area contributed by atoms with Crippen LogP contribution in [0.2, 0.25) is 0 Å². The summed E-state index contributed by atoms with van der Waals surface area (Å²) in [6, 6.07) is 11.7. The van der Waals surface area contributed by atoms with Crippen LogP contribution in [0.4, 0.5) is 5.95 Å². The van der Waals surface area contributed by atoms with E-state index in [2.05, 4.69) is 15.3 Å². The van der Waals surface area contributed by atoms with Gasteiger partial charge in [-0.2, -0.15) is 0 Å². The van der Waals surface area contributed by atoms with Crippen molar-refractivity contribution in [1.82, 2.24) is 9.97 Å². The lowest BCUT2D eigenvalue weighted by Crippen LogP contribution is -2.20. The molecule has 0 spiro atoms. The highest BCUT2D eigenvalue weighted by atomic mass is 16.1. The molecular formula is C15H17N3O. The number of hydrogen-bond acceptors (Lipinski definition) is 3. The van der Waals surface area contributed by atoms with Crippen LogP contribution in [-0.4, -0.2) is 16.0 Å². The molecule has 1 aromatic heterocycles. The first-order valence-corrected chi connectivity index (χ1v) is 6.74. The molecule has 0 saturated heterocycles. The van der Waals surface area contributed by atoms with Crippen LogP contribution in [-0.2, 0) is 0 Å². The number of H-pyrrole nitrogens is 1. The number of aromatic nitrogens is 2. The molecule has 19 heavy (non-hydrogen) atoms. The minimum atomic E-state index is -0.116. The fourth-order valence-corrected chi connectivity index (χ4v) is 2.55. The lowest BCUT2D eigenvalue weighted by atomic mass is 10.1. The van der Waals surface area contributed by atoms with Gasteiger partial charge in [-0.1, -0.05) is 43.2 Å². The SMILES string of the molecule is O=c1cc(-c2ccccc2)nc(NC2CCCC2)[nH]1. The van der Waals surface area contributed by atoms with Gasteiger partial charge in [0.15, 0.2) is 0 Å². The summed E-state index contributed by atoms with van der Waals surface area (Å²) in [6.07, 6.45) is 4.80. The van der Waals surface area contributed by atoms with Gasteiger partial charge < -0.3 is 5.32 Å². The summed E-state index contributed by atoms with van der Waals surface area (Å²) in [7, 11) is 0. The molecular weight excluding hydrogens is 238 g/mol. The van der Waals surface area contributed by atoms with E-state index in [0.29, 0.717) is 17.7 Å². The molecule has 0 amide bonds. The molecule has 3 rings (SSSR count). The monoisotopic (exact) mass is 255 g/mol. The van der Waals surface area contributed by atoms with Gasteiger partial charge in [-0.3, -0.25) is 9.78 Å². The molecule has 2 aromatic rings. The summed E-state index contributed by atoms with van der Waals surface area (Å²) in [5.74, 6) is 0.582. The number of rotatable bonds is 3. The molecule has 0 atom stereocenters. The molecule has 1 fully saturated rings. The Morgan fingerprint density at radius 3 is 2.63 bits per heavy atom. The zero-order valence-electron chi connectivity index (χ0n) is 10.7. The van der Waals surface area contributed by atoms with Crippen molar-refractivity contribution in [2.75, 3.05) is 5.32 Å². The van der Waals surface area contributed by atoms with Crippen LogP contribution in [0.3, 0.4) is 0 Å². The average Bonchev–Trinajstić information content (AvgIpc) is 2.92. The summed E-state index contributed by atoms with van der Waals surface area (Å²) in [5.41, 5.74) is 1.56. The second kappa shape index (κ2) is 5.26. The smallest absolute Gasteiger partial charge is 0.252 e. The fraction of sp³-hybridized carbons (Fsp3) is 0.333. The topological polar surface area (TPSA) is 57.8 Å². The largest absolute Gasteiger partial charge is 0.353 e. The van der Waals surface area contributed by atoms with Crippen molar-refractivity contribution >= 4 is 5.95 Å². The molecule has 4 nitrogen and oxygen atoms in total. The van der Waals surface area contributed by atoms with Crippen LogP contribution < -0.4 is 10.9 Å². The molecule has 1 heterocycles. The Labute approximate surface area is 111 Å². The quantitative estimate of drug-likeness (QED) is 0.886. The average molecular weight is 255 g/mol. The molecule has 98 valence electrons. The molecule has 2 N–H and O–H groups in total. The van der Waals surface area contributed by atoms with Crippen LogP contribution in [0, 0.1) is 0 Å². The fourth-order valence-electron chi connectivity index (χ4n) is 2.55. The molecule has 1 saturated carbocycles. The van der Waals surface area contributed by atoms with Gasteiger partial charge in [0.05, 0.1) is 5.69 Å². The standard InChI is InChI=1S/C15H17N3O/c19-14-10-13(11-6-2-1-3-7-11)17-15(18-14)16-12-8-4-5-9-12/h1-3,6-7,10,12H,4-5,8-9H2,(H2,16,17,18,19). The summed E-state index contributed by atoms with van der Waals surface area (Å²) in [6.45, 7) is 0. The zero-order chi connectivity index (χ0) is 13.1. The van der Waals surface area contributed by atoms with Gasteiger partial charge in [0, 0.05) is 17.7 Å². The number of nitrogens with zero attached hydrogens (tertiary/aromatic N) is 1. The highest BCUT2D eigenvalue weighted by molar-refractivity contribution is 5.59. The second-order valence-electron chi connectivity index (χ2n) is 4.97. The number of aromatic amines is 1. The summed E-state index contributed by atoms with van der Waals surface area (Å²) >= 11 is 0. The van der Waals surface area contributed by atoms with Gasteiger partial charge in [-0.25, -0.2) is 4.98 Å². The Hall–Kier alpha value is -2.10. The van der Waals surface area contributed by atoms with Gasteiger partial charge in [0.2, 0.25) is 5.95 Å². The minimum absolute atomic E-state index is 0.116. The van der Waals surface area contributed by atoms with Crippen LogP contribution in [0.25, 0.3) is 11.3 Å². The number of hydrogen-bond donors (Lipinski definition) is 2. The predicted molar refractivity (Wildman–Crippen MR) is 76.2 cm³/mol. The molecule has 1 aromatic carbocycles. The molecule has 1 aliphatic carbocycles. The maximum atomic E-state index is 11.7. The Bertz CT molecular complexity index is 600. The maximum absolute atomic E-state index is 11.7. The first-order valence-electron chi connectivity index (χ1n) is 6.74. The summed E-state index contributed by atoms with van der Waals surface area (Å²) in [5, 5.41) is 3.33. The Morgan fingerprint density at radius 1 is 1.16 bits per heavy atom. The van der Waals surface area contributed by atoms with Crippen molar-refractivity contribution in [1.29, 1.82) is 0 Å². The molecule has 0 radical (unpaired) electrons. The van der Waals surface area contributed by atoms with E-state index in [1.165, 1.54) is 18.9 Å². The first kappa shape index (κ1) is 12.0. The van der Waals surface area contributed by atoms with Crippen LogP contribution in [0.1, 0.15) is 25.7 Å². The maximum Gasteiger partial charge on any atom is 0.252 e. The van der Waals surface area contributed by atoms with Crippen molar-refractivity contribution in [2.45, 2.75) is 31.7 Å². The Morgan fingerprint density at radius 2 is 1.89 bits per heavy atom. The second-order valence-corrected chi connectivity index (χ2v) is 4.97. The summed E-state index contributed by atoms with van der Waals surface area (Å²) < 4.78 is 0. The highest BCUT2D eigenvalue weighted by Gasteiger charge is 2.15. The molecule has 0 bridgehead atoms. The van der Waals surface area contributed by atoms with E-state index in [-0.39, 0.29) is 5.56 Å². The van der Waals surface area contributed by atoms with Crippen molar-refractivity contribution in [2.24, 2.45) is 0 Å². The van der Waals surface area contributed by atoms with E-state index in [4.69, 9.17) is 0 Å². The third kappa shape index (κ3) is 2.84. The van der Waals surface area contributed by atoms with Crippen molar-refractivity contribution in [3.8, 4) is 11.3 Å². The van der Waals surface area contributed by atoms with Gasteiger partial charge in [-0.05, 0) is 12.8 Å². The van der Waals surface area contributed by atoms with Crippen LogP contribution in [0.5, 0.6) is 0 Å². The number of benzene rings is 1. The molecule has 1 aliphatic rings. The lowest BCUT2D eigenvalue weighted by Gasteiger charge is -2.12. The number of anilines is 1. The third-order valence-corrected chi connectivity index (χ3v) is 3.51. The van der Waals surface area contributed by atoms with Crippen molar-refractivity contribution < 1.29 is 0 Å². The van der Waals surface area contributed by atoms with Gasteiger partial charge in [0.25, 0.3) is 5.56 Å². The van der Waals surface area contributed by atoms with E-state index < -0.39 is 0 Å². The third-order valence-electron chi connectivity index (χ3n) is 3.51. The van der Waals surface area contributed by atoms with Crippen LogP contribution in [0.15, 0.2) is 41.2 Å². The van der Waals surface area contributed by atoms with E-state index in [1.54, 1.807) is 0 Å². The van der Waals surface area contributed by atoms with Crippen molar-refractivity contribution in [3.05, 3.63) is 46.8 Å². The van der Waals surface area contributed by atoms with Gasteiger partial charge in [-0.15, -0.1) is 0 Å². The normalized spacial score (nSPS) is 15.6. The predicted octanol–water partition coefficient (Wildman–Crippen LogP) is 2.79.